The van der Waals surface area contributed by atoms with Crippen molar-refractivity contribution in [3.05, 3.63) is 96.4 Å². The SMILES string of the molecule is CCOc1cc(C=Nn2c([C@H](C)CC)nc3ccc(Br)cc3c2=O)cc(Br)c1OCc1ccc(C(=O)O)cc1. The van der Waals surface area contributed by atoms with Gasteiger partial charge in [-0.3, -0.25) is 4.79 Å². The molecule has 0 fully saturated rings. The molecule has 8 nitrogen and oxygen atoms in total. The van der Waals surface area contributed by atoms with Crippen molar-refractivity contribution in [2.45, 2.75) is 39.7 Å². The lowest BCUT2D eigenvalue weighted by molar-refractivity contribution is 0.0697. The van der Waals surface area contributed by atoms with Crippen LogP contribution in [0, 0.1) is 0 Å². The van der Waals surface area contributed by atoms with Gasteiger partial charge in [-0.25, -0.2) is 9.78 Å². The Bertz CT molecular complexity index is 1600. The van der Waals surface area contributed by atoms with Crippen molar-refractivity contribution in [2.24, 2.45) is 5.10 Å². The molecule has 0 bridgehead atoms. The molecule has 1 aromatic heterocycles. The zero-order valence-corrected chi connectivity index (χ0v) is 24.8. The molecule has 1 atom stereocenters. The van der Waals surface area contributed by atoms with Crippen molar-refractivity contribution in [3.8, 4) is 11.5 Å². The van der Waals surface area contributed by atoms with Gasteiger partial charge in [0.25, 0.3) is 5.56 Å². The van der Waals surface area contributed by atoms with Gasteiger partial charge in [0.1, 0.15) is 12.4 Å². The number of nitrogens with zero attached hydrogens (tertiary/aromatic N) is 3. The maximum atomic E-state index is 13.4. The molecule has 0 aliphatic heterocycles. The van der Waals surface area contributed by atoms with Crippen LogP contribution in [0.3, 0.4) is 0 Å². The number of rotatable bonds is 10. The van der Waals surface area contributed by atoms with E-state index in [0.717, 1.165) is 16.5 Å². The minimum atomic E-state index is -0.980. The third kappa shape index (κ3) is 6.57. The molecule has 39 heavy (non-hydrogen) atoms. The first kappa shape index (κ1) is 28.5. The van der Waals surface area contributed by atoms with Crippen LogP contribution in [0.1, 0.15) is 60.4 Å². The molecule has 4 rings (SSSR count). The zero-order valence-electron chi connectivity index (χ0n) is 21.6. The van der Waals surface area contributed by atoms with E-state index in [1.165, 1.54) is 16.8 Å². The largest absolute Gasteiger partial charge is 0.490 e. The number of hydrogen-bond donors (Lipinski definition) is 1. The monoisotopic (exact) mass is 655 g/mol. The normalized spacial score (nSPS) is 12.1. The Hall–Kier alpha value is -3.50. The quantitative estimate of drug-likeness (QED) is 0.185. The summed E-state index contributed by atoms with van der Waals surface area (Å²) in [4.78, 5) is 29.3. The van der Waals surface area contributed by atoms with Crippen LogP contribution in [0.25, 0.3) is 10.9 Å². The Kier molecular flexibility index (Phi) is 9.19. The van der Waals surface area contributed by atoms with Crippen LogP contribution >= 0.6 is 31.9 Å². The molecule has 202 valence electrons. The van der Waals surface area contributed by atoms with E-state index >= 15 is 0 Å². The lowest BCUT2D eigenvalue weighted by Gasteiger charge is -2.15. The maximum absolute atomic E-state index is 13.4. The molecule has 0 radical (unpaired) electrons. The number of aromatic nitrogens is 2. The van der Waals surface area contributed by atoms with Crippen molar-refractivity contribution in [2.75, 3.05) is 6.61 Å². The Labute approximate surface area is 242 Å². The highest BCUT2D eigenvalue weighted by atomic mass is 79.9. The number of carbonyl (C=O) groups is 1. The van der Waals surface area contributed by atoms with E-state index < -0.39 is 5.97 Å². The van der Waals surface area contributed by atoms with E-state index in [-0.39, 0.29) is 23.6 Å². The first-order valence-electron chi connectivity index (χ1n) is 12.4. The molecule has 0 unspecified atom stereocenters. The second-order valence-electron chi connectivity index (χ2n) is 8.86. The summed E-state index contributed by atoms with van der Waals surface area (Å²) < 4.78 is 14.7. The number of carboxylic acids is 1. The van der Waals surface area contributed by atoms with Gasteiger partial charge in [0.05, 0.1) is 33.8 Å². The van der Waals surface area contributed by atoms with Gasteiger partial charge < -0.3 is 14.6 Å². The van der Waals surface area contributed by atoms with E-state index in [2.05, 4.69) is 37.0 Å². The molecule has 1 N–H and O–H groups in total. The summed E-state index contributed by atoms with van der Waals surface area (Å²) in [6, 6.07) is 15.6. The van der Waals surface area contributed by atoms with Gasteiger partial charge in [0, 0.05) is 10.4 Å². The summed E-state index contributed by atoms with van der Waals surface area (Å²) in [5.41, 5.74) is 2.10. The predicted molar refractivity (Wildman–Crippen MR) is 158 cm³/mol. The lowest BCUT2D eigenvalue weighted by atomic mass is 10.1. The zero-order chi connectivity index (χ0) is 28.1. The van der Waals surface area contributed by atoms with E-state index in [1.807, 2.05) is 39.0 Å². The molecule has 1 heterocycles. The first-order chi connectivity index (χ1) is 18.7. The molecule has 4 aromatic rings. The predicted octanol–water partition coefficient (Wildman–Crippen LogP) is 6.99. The second kappa shape index (κ2) is 12.6. The Morgan fingerprint density at radius 2 is 1.85 bits per heavy atom. The average Bonchev–Trinajstić information content (AvgIpc) is 2.92. The fraction of sp³-hybridized carbons (Fsp3) is 0.241. The summed E-state index contributed by atoms with van der Waals surface area (Å²) in [6.07, 6.45) is 2.40. The highest BCUT2D eigenvalue weighted by molar-refractivity contribution is 9.10. The smallest absolute Gasteiger partial charge is 0.335 e. The summed E-state index contributed by atoms with van der Waals surface area (Å²) >= 11 is 7.00. The summed E-state index contributed by atoms with van der Waals surface area (Å²) in [5.74, 6) is 0.643. The van der Waals surface area contributed by atoms with Gasteiger partial charge >= 0.3 is 5.97 Å². The van der Waals surface area contributed by atoms with E-state index in [1.54, 1.807) is 30.5 Å². The van der Waals surface area contributed by atoms with Crippen LogP contribution in [0.4, 0.5) is 0 Å². The van der Waals surface area contributed by atoms with Gasteiger partial charge in [0.2, 0.25) is 0 Å². The number of aromatic carboxylic acids is 1. The number of ether oxygens (including phenoxy) is 2. The highest BCUT2D eigenvalue weighted by Gasteiger charge is 2.17. The standard InChI is InChI=1S/C29H27Br2N3O5/c1-4-17(3)27-33-24-11-10-21(30)14-22(24)28(35)34(27)32-15-19-12-23(31)26(25(13-19)38-5-2)39-16-18-6-8-20(9-7-18)29(36)37/h6-15,17H,4-5,16H2,1-3H3,(H,36,37)/t17-/m1/s1. The molecule has 10 heteroatoms. The lowest BCUT2D eigenvalue weighted by Crippen LogP contribution is -2.23. The van der Waals surface area contributed by atoms with Crippen LogP contribution in [-0.2, 0) is 6.61 Å². The fourth-order valence-corrected chi connectivity index (χ4v) is 4.80. The molecular formula is C29H27Br2N3O5. The van der Waals surface area contributed by atoms with Crippen LogP contribution < -0.4 is 15.0 Å². The van der Waals surface area contributed by atoms with E-state index in [0.29, 0.717) is 44.9 Å². The molecule has 0 saturated heterocycles. The highest BCUT2D eigenvalue weighted by Crippen LogP contribution is 2.37. The first-order valence-corrected chi connectivity index (χ1v) is 14.0. The van der Waals surface area contributed by atoms with Crippen LogP contribution in [0.5, 0.6) is 11.5 Å². The third-order valence-electron chi connectivity index (χ3n) is 6.12. The molecule has 3 aromatic carbocycles. The third-order valence-corrected chi connectivity index (χ3v) is 7.21. The topological polar surface area (TPSA) is 103 Å². The van der Waals surface area contributed by atoms with Gasteiger partial charge in [-0.05, 0) is 82.9 Å². The van der Waals surface area contributed by atoms with E-state index in [4.69, 9.17) is 19.6 Å². The Morgan fingerprint density at radius 3 is 2.51 bits per heavy atom. The number of benzene rings is 3. The van der Waals surface area contributed by atoms with Crippen molar-refractivity contribution < 1.29 is 19.4 Å². The molecular weight excluding hydrogens is 630 g/mol. The van der Waals surface area contributed by atoms with Gasteiger partial charge in [0.15, 0.2) is 11.5 Å². The Morgan fingerprint density at radius 1 is 1.10 bits per heavy atom. The van der Waals surface area contributed by atoms with Gasteiger partial charge in [-0.15, -0.1) is 0 Å². The number of hydrogen-bond acceptors (Lipinski definition) is 6. The average molecular weight is 657 g/mol. The number of fused-ring (bicyclic) bond motifs is 1. The van der Waals surface area contributed by atoms with Crippen molar-refractivity contribution >= 4 is 54.9 Å². The molecule has 0 aliphatic carbocycles. The number of halogens is 2. The van der Waals surface area contributed by atoms with E-state index in [9.17, 15) is 9.59 Å². The van der Waals surface area contributed by atoms with Crippen LogP contribution in [0.2, 0.25) is 0 Å². The molecule has 0 spiro atoms. The fourth-order valence-electron chi connectivity index (χ4n) is 3.87. The minimum Gasteiger partial charge on any atom is -0.490 e. The van der Waals surface area contributed by atoms with Crippen molar-refractivity contribution in [1.29, 1.82) is 0 Å². The van der Waals surface area contributed by atoms with Crippen molar-refractivity contribution in [3.63, 3.8) is 0 Å². The minimum absolute atomic E-state index is 0.0222. The van der Waals surface area contributed by atoms with Gasteiger partial charge in [-0.1, -0.05) is 41.9 Å². The van der Waals surface area contributed by atoms with Gasteiger partial charge in [-0.2, -0.15) is 9.78 Å². The molecule has 0 aliphatic rings. The maximum Gasteiger partial charge on any atom is 0.335 e. The Balaban J connectivity index is 1.67. The molecule has 0 amide bonds. The van der Waals surface area contributed by atoms with Crippen LogP contribution in [0.15, 0.2) is 73.4 Å². The summed E-state index contributed by atoms with van der Waals surface area (Å²) in [6.45, 7) is 6.57. The van der Waals surface area contributed by atoms with Crippen molar-refractivity contribution in [1.82, 2.24) is 9.66 Å². The number of carboxylic acid groups (broad SMARTS) is 1. The summed E-state index contributed by atoms with van der Waals surface area (Å²) in [5, 5.41) is 14.1. The van der Waals surface area contributed by atoms with Crippen LogP contribution in [-0.4, -0.2) is 33.6 Å². The molecule has 0 saturated carbocycles. The summed E-state index contributed by atoms with van der Waals surface area (Å²) in [7, 11) is 0. The second-order valence-corrected chi connectivity index (χ2v) is 10.6.